The Hall–Kier alpha value is -1.89. The van der Waals surface area contributed by atoms with E-state index in [4.69, 9.17) is 4.74 Å². The number of nitrogens with zero attached hydrogens (tertiary/aromatic N) is 3. The van der Waals surface area contributed by atoms with Crippen LogP contribution in [0.2, 0.25) is 0 Å². The summed E-state index contributed by atoms with van der Waals surface area (Å²) in [6.45, 7) is 1.28. The highest BCUT2D eigenvalue weighted by molar-refractivity contribution is 9.10. The zero-order chi connectivity index (χ0) is 13.4. The first-order valence-electron chi connectivity index (χ1n) is 5.78. The molecule has 2 aromatic rings. The smallest absolute Gasteiger partial charge is 0.217 e. The molecule has 1 N–H and O–H groups in total. The van der Waals surface area contributed by atoms with Gasteiger partial charge < -0.3 is 10.1 Å². The predicted molar refractivity (Wildman–Crippen MR) is 72.6 cm³/mol. The van der Waals surface area contributed by atoms with Crippen molar-refractivity contribution in [3.63, 3.8) is 0 Å². The van der Waals surface area contributed by atoms with Crippen LogP contribution in [0.4, 0.5) is 5.69 Å². The van der Waals surface area contributed by atoms with E-state index in [2.05, 4.69) is 31.6 Å². The lowest BCUT2D eigenvalue weighted by molar-refractivity contribution is 0.102. The van der Waals surface area contributed by atoms with Gasteiger partial charge >= 0.3 is 0 Å². The molecule has 1 aromatic heterocycles. The molecule has 0 saturated carbocycles. The molecule has 19 heavy (non-hydrogen) atoms. The third kappa shape index (κ3) is 1.99. The van der Waals surface area contributed by atoms with Gasteiger partial charge in [0, 0.05) is 13.6 Å². The molecule has 0 aliphatic carbocycles. The van der Waals surface area contributed by atoms with Crippen molar-refractivity contribution in [2.45, 2.75) is 0 Å². The quantitative estimate of drug-likeness (QED) is 0.851. The minimum absolute atomic E-state index is 0.167. The lowest BCUT2D eigenvalue weighted by Crippen LogP contribution is -2.20. The van der Waals surface area contributed by atoms with Crippen molar-refractivity contribution in [1.82, 2.24) is 15.0 Å². The molecule has 1 aromatic carbocycles. The largest absolute Gasteiger partial charge is 0.489 e. The Morgan fingerprint density at radius 3 is 3.11 bits per heavy atom. The molecule has 3 rings (SSSR count). The van der Waals surface area contributed by atoms with E-state index in [9.17, 15) is 4.79 Å². The van der Waals surface area contributed by atoms with Gasteiger partial charge in [0.25, 0.3) is 0 Å². The van der Waals surface area contributed by atoms with Crippen LogP contribution < -0.4 is 10.1 Å². The summed E-state index contributed by atoms with van der Waals surface area (Å²) >= 11 is 3.24. The Bertz CT molecular complexity index is 634. The summed E-state index contributed by atoms with van der Waals surface area (Å²) in [6.07, 6.45) is 0. The second-order valence-electron chi connectivity index (χ2n) is 4.14. The summed E-state index contributed by atoms with van der Waals surface area (Å²) in [7, 11) is 1.68. The third-order valence-corrected chi connectivity index (χ3v) is 3.46. The molecule has 0 spiro atoms. The van der Waals surface area contributed by atoms with Gasteiger partial charge in [0.05, 0.1) is 11.3 Å². The van der Waals surface area contributed by atoms with Gasteiger partial charge in [0.1, 0.15) is 12.3 Å². The number of aromatic nitrogens is 3. The summed E-state index contributed by atoms with van der Waals surface area (Å²) in [6, 6.07) is 5.46. The molecule has 0 radical (unpaired) electrons. The van der Waals surface area contributed by atoms with Crippen molar-refractivity contribution in [3.8, 4) is 5.75 Å². The monoisotopic (exact) mass is 322 g/mol. The molecule has 2 heterocycles. The number of rotatable bonds is 2. The van der Waals surface area contributed by atoms with Gasteiger partial charge in [-0.25, -0.2) is 4.68 Å². The van der Waals surface area contributed by atoms with E-state index in [0.717, 1.165) is 12.2 Å². The second kappa shape index (κ2) is 4.65. The SMILES string of the molecule is Cn1nnc(Br)c1C(=O)c1cccc2c1OCCN2. The number of para-hydroxylation sites is 1. The molecule has 0 atom stereocenters. The minimum Gasteiger partial charge on any atom is -0.489 e. The van der Waals surface area contributed by atoms with Crippen LogP contribution >= 0.6 is 15.9 Å². The maximum atomic E-state index is 12.6. The Morgan fingerprint density at radius 2 is 2.37 bits per heavy atom. The number of hydrogen-bond acceptors (Lipinski definition) is 5. The summed E-state index contributed by atoms with van der Waals surface area (Å²) in [5, 5.41) is 10.8. The van der Waals surface area contributed by atoms with Crippen molar-refractivity contribution < 1.29 is 9.53 Å². The van der Waals surface area contributed by atoms with E-state index >= 15 is 0 Å². The molecule has 1 aliphatic heterocycles. The first-order chi connectivity index (χ1) is 9.18. The molecule has 98 valence electrons. The molecule has 0 unspecified atom stereocenters. The Morgan fingerprint density at radius 1 is 1.53 bits per heavy atom. The lowest BCUT2D eigenvalue weighted by Gasteiger charge is -2.21. The third-order valence-electron chi connectivity index (χ3n) is 2.92. The predicted octanol–water partition coefficient (Wildman–Crippen LogP) is 1.61. The van der Waals surface area contributed by atoms with Crippen molar-refractivity contribution in [2.24, 2.45) is 7.05 Å². The number of hydrogen-bond donors (Lipinski definition) is 1. The molecule has 1 aliphatic rings. The summed E-state index contributed by atoms with van der Waals surface area (Å²) in [4.78, 5) is 12.6. The molecule has 0 saturated heterocycles. The maximum Gasteiger partial charge on any atom is 0.217 e. The fourth-order valence-electron chi connectivity index (χ4n) is 2.05. The summed E-state index contributed by atoms with van der Waals surface area (Å²) in [5.41, 5.74) is 1.75. The average Bonchev–Trinajstić information content (AvgIpc) is 2.77. The fourth-order valence-corrected chi connectivity index (χ4v) is 2.56. The van der Waals surface area contributed by atoms with Gasteiger partial charge in [-0.1, -0.05) is 11.3 Å². The number of halogens is 1. The van der Waals surface area contributed by atoms with Crippen LogP contribution in [-0.4, -0.2) is 33.9 Å². The first-order valence-corrected chi connectivity index (χ1v) is 6.57. The van der Waals surface area contributed by atoms with E-state index < -0.39 is 0 Å². The Balaban J connectivity index is 2.10. The summed E-state index contributed by atoms with van der Waals surface area (Å²) in [5.74, 6) is 0.423. The van der Waals surface area contributed by atoms with Gasteiger partial charge in [0.2, 0.25) is 5.78 Å². The topological polar surface area (TPSA) is 69.0 Å². The highest BCUT2D eigenvalue weighted by Crippen LogP contribution is 2.33. The van der Waals surface area contributed by atoms with Crippen molar-refractivity contribution in [1.29, 1.82) is 0 Å². The first kappa shape index (κ1) is 12.2. The number of ketones is 1. The van der Waals surface area contributed by atoms with Gasteiger partial charge in [-0.2, -0.15) is 0 Å². The molecule has 6 nitrogen and oxygen atoms in total. The highest BCUT2D eigenvalue weighted by Gasteiger charge is 2.24. The zero-order valence-corrected chi connectivity index (χ0v) is 11.8. The number of nitrogens with one attached hydrogen (secondary N) is 1. The number of carbonyl (C=O) groups excluding carboxylic acids is 1. The number of carbonyl (C=O) groups is 1. The van der Waals surface area contributed by atoms with Crippen molar-refractivity contribution in [2.75, 3.05) is 18.5 Å². The number of benzene rings is 1. The van der Waals surface area contributed by atoms with Crippen LogP contribution in [0.5, 0.6) is 5.75 Å². The van der Waals surface area contributed by atoms with E-state index in [-0.39, 0.29) is 5.78 Å². The minimum atomic E-state index is -0.167. The fraction of sp³-hybridized carbons (Fsp3) is 0.250. The lowest BCUT2D eigenvalue weighted by atomic mass is 10.1. The van der Waals surface area contributed by atoms with Crippen LogP contribution in [0.25, 0.3) is 0 Å². The van der Waals surface area contributed by atoms with Crippen molar-refractivity contribution >= 4 is 27.4 Å². The standard InChI is InChI=1S/C12H11BrN4O2/c1-17-9(12(13)15-16-17)10(18)7-3-2-4-8-11(7)19-6-5-14-8/h2-4,14H,5-6H2,1H3. The zero-order valence-electron chi connectivity index (χ0n) is 10.2. The number of anilines is 1. The van der Waals surface area contributed by atoms with Crippen molar-refractivity contribution in [3.05, 3.63) is 34.1 Å². The van der Waals surface area contributed by atoms with Gasteiger partial charge in [-0.3, -0.25) is 4.79 Å². The molecule has 0 fully saturated rings. The van der Waals surface area contributed by atoms with Gasteiger partial charge in [0.15, 0.2) is 10.4 Å². The number of fused-ring (bicyclic) bond motifs is 1. The normalized spacial score (nSPS) is 13.4. The van der Waals surface area contributed by atoms with Gasteiger partial charge in [-0.05, 0) is 28.1 Å². The average molecular weight is 323 g/mol. The maximum absolute atomic E-state index is 12.6. The van der Waals surface area contributed by atoms with Crippen LogP contribution in [-0.2, 0) is 7.05 Å². The van der Waals surface area contributed by atoms with Crippen LogP contribution in [0, 0.1) is 0 Å². The van der Waals surface area contributed by atoms with Crippen LogP contribution in [0.3, 0.4) is 0 Å². The second-order valence-corrected chi connectivity index (χ2v) is 4.89. The Kier molecular flexibility index (Phi) is 2.98. The molecule has 0 bridgehead atoms. The summed E-state index contributed by atoms with van der Waals surface area (Å²) < 4.78 is 7.48. The van der Waals surface area contributed by atoms with Crippen LogP contribution in [0.15, 0.2) is 22.8 Å². The molecular formula is C12H11BrN4O2. The molecule has 0 amide bonds. The number of aryl methyl sites for hydroxylation is 1. The molecular weight excluding hydrogens is 312 g/mol. The molecule has 7 heteroatoms. The van der Waals surface area contributed by atoms with Gasteiger partial charge in [-0.15, -0.1) is 5.10 Å². The van der Waals surface area contributed by atoms with E-state index in [0.29, 0.717) is 28.2 Å². The van der Waals surface area contributed by atoms with E-state index in [1.54, 1.807) is 13.1 Å². The Labute approximate surface area is 117 Å². The number of ether oxygens (including phenoxy) is 1. The highest BCUT2D eigenvalue weighted by atomic mass is 79.9. The van der Waals surface area contributed by atoms with Crippen LogP contribution in [0.1, 0.15) is 16.1 Å². The van der Waals surface area contributed by atoms with E-state index in [1.807, 2.05) is 12.1 Å². The van der Waals surface area contributed by atoms with E-state index in [1.165, 1.54) is 4.68 Å².